The van der Waals surface area contributed by atoms with Gasteiger partial charge in [-0.25, -0.2) is 0 Å². The molecule has 0 atom stereocenters. The molecule has 0 aliphatic carbocycles. The molecule has 15 aromatic rings. The van der Waals surface area contributed by atoms with Gasteiger partial charge < -0.3 is 23.2 Å². The molecule has 82 heavy (non-hydrogen) atoms. The van der Waals surface area contributed by atoms with Crippen LogP contribution in [-0.4, -0.2) is 65.1 Å². The SMILES string of the molecule is CN1C=Cc2c(c3cnccc3n2-c2ccc(CC(Cc3ccc(-n4c5ccncc5c5cnccc54)cc3)(Cc3ccc(-n4c5ccncc5c5cnccc54)cc3)Cc3ccc(-n4c5ccncc5c5cnccc54)cc3)cc2)C1. The zero-order valence-corrected chi connectivity index (χ0v) is 44.9. The number of rotatable bonds is 12. The Morgan fingerprint density at radius 2 is 0.573 bits per heavy atom. The second-order valence-electron chi connectivity index (χ2n) is 22.1. The summed E-state index contributed by atoms with van der Waals surface area (Å²) in [5, 5.41) is 7.70. The summed E-state index contributed by atoms with van der Waals surface area (Å²) in [5.74, 6) is 0. The van der Waals surface area contributed by atoms with E-state index in [4.69, 9.17) is 0 Å². The van der Waals surface area contributed by atoms with Gasteiger partial charge in [0.05, 0.1) is 44.3 Å². The molecular formula is C70H52N12. The fourth-order valence-electron chi connectivity index (χ4n) is 13.5. The summed E-state index contributed by atoms with van der Waals surface area (Å²) in [5.41, 5.74) is 19.5. The first-order valence-corrected chi connectivity index (χ1v) is 27.8. The molecule has 0 bridgehead atoms. The van der Waals surface area contributed by atoms with Crippen LogP contribution in [0.3, 0.4) is 0 Å². The summed E-state index contributed by atoms with van der Waals surface area (Å²) in [6.07, 6.45) is 34.5. The summed E-state index contributed by atoms with van der Waals surface area (Å²) < 4.78 is 9.40. The predicted octanol–water partition coefficient (Wildman–Crippen LogP) is 14.4. The van der Waals surface area contributed by atoms with Gasteiger partial charge >= 0.3 is 0 Å². The van der Waals surface area contributed by atoms with E-state index in [-0.39, 0.29) is 5.41 Å². The lowest BCUT2D eigenvalue weighted by Crippen LogP contribution is -2.32. The van der Waals surface area contributed by atoms with Crippen LogP contribution in [0.4, 0.5) is 0 Å². The van der Waals surface area contributed by atoms with Crippen LogP contribution < -0.4 is 0 Å². The van der Waals surface area contributed by atoms with Gasteiger partial charge in [0.25, 0.3) is 0 Å². The van der Waals surface area contributed by atoms with Crippen LogP contribution in [0, 0.1) is 5.41 Å². The lowest BCUT2D eigenvalue weighted by molar-refractivity contribution is 0.275. The van der Waals surface area contributed by atoms with Gasteiger partial charge in [-0.1, -0.05) is 48.5 Å². The quantitative estimate of drug-likeness (QED) is 0.119. The van der Waals surface area contributed by atoms with Crippen molar-refractivity contribution in [3.8, 4) is 22.7 Å². The molecule has 0 unspecified atom stereocenters. The van der Waals surface area contributed by atoms with Gasteiger partial charge in [-0.3, -0.25) is 34.9 Å². The number of hydrogen-bond acceptors (Lipinski definition) is 8. The molecule has 4 aromatic carbocycles. The van der Waals surface area contributed by atoms with Gasteiger partial charge in [0.1, 0.15) is 0 Å². The Bertz CT molecular complexity index is 4430. The summed E-state index contributed by atoms with van der Waals surface area (Å²) in [4.78, 5) is 33.8. The van der Waals surface area contributed by atoms with Gasteiger partial charge in [-0.15, -0.1) is 0 Å². The molecule has 0 N–H and O–H groups in total. The largest absolute Gasteiger partial charge is 0.376 e. The average molecular weight is 1060 g/mol. The summed E-state index contributed by atoms with van der Waals surface area (Å²) in [7, 11) is 2.13. The molecule has 12 heteroatoms. The Balaban J connectivity index is 0.831. The third-order valence-electron chi connectivity index (χ3n) is 17.0. The Labute approximate surface area is 471 Å². The van der Waals surface area contributed by atoms with Crippen LogP contribution in [0.2, 0.25) is 0 Å². The molecule has 0 spiro atoms. The van der Waals surface area contributed by atoms with Gasteiger partial charge in [0, 0.05) is 173 Å². The molecule has 0 saturated carbocycles. The van der Waals surface area contributed by atoms with E-state index in [2.05, 4.69) is 217 Å². The minimum absolute atomic E-state index is 0.303. The van der Waals surface area contributed by atoms with Gasteiger partial charge in [0.2, 0.25) is 0 Å². The van der Waals surface area contributed by atoms with E-state index < -0.39 is 0 Å². The predicted molar refractivity (Wildman–Crippen MR) is 328 cm³/mol. The highest BCUT2D eigenvalue weighted by Crippen LogP contribution is 2.41. The molecule has 1 aliphatic heterocycles. The maximum atomic E-state index is 4.56. The Kier molecular flexibility index (Phi) is 11.0. The average Bonchev–Trinajstić information content (AvgIpc) is 4.46. The van der Waals surface area contributed by atoms with Crippen molar-refractivity contribution in [1.29, 1.82) is 0 Å². The summed E-state index contributed by atoms with van der Waals surface area (Å²) in [6.45, 7) is 0.833. The lowest BCUT2D eigenvalue weighted by atomic mass is 9.68. The van der Waals surface area contributed by atoms with E-state index in [1.54, 1.807) is 0 Å². The number of benzene rings is 4. The summed E-state index contributed by atoms with van der Waals surface area (Å²) >= 11 is 0. The number of pyridine rings is 7. The first kappa shape index (κ1) is 47.4. The van der Waals surface area contributed by atoms with Gasteiger partial charge in [-0.2, -0.15) is 0 Å². The Morgan fingerprint density at radius 3 is 0.866 bits per heavy atom. The molecule has 0 amide bonds. The Morgan fingerprint density at radius 1 is 0.317 bits per heavy atom. The van der Waals surface area contributed by atoms with Crippen molar-refractivity contribution in [3.05, 3.63) is 266 Å². The zero-order valence-electron chi connectivity index (χ0n) is 44.9. The summed E-state index contributed by atoms with van der Waals surface area (Å²) in [6, 6.07) is 51.9. The smallest absolute Gasteiger partial charge is 0.0572 e. The molecule has 12 heterocycles. The van der Waals surface area contributed by atoms with Crippen LogP contribution in [-0.2, 0) is 32.2 Å². The zero-order chi connectivity index (χ0) is 54.3. The second kappa shape index (κ2) is 19.1. The van der Waals surface area contributed by atoms with Crippen molar-refractivity contribution < 1.29 is 0 Å². The third kappa shape index (κ3) is 7.85. The lowest BCUT2D eigenvalue weighted by Gasteiger charge is -2.36. The highest BCUT2D eigenvalue weighted by Gasteiger charge is 2.33. The Hall–Kier alpha value is -10.6. The van der Waals surface area contributed by atoms with Crippen LogP contribution >= 0.6 is 0 Å². The number of aromatic nitrogens is 11. The highest BCUT2D eigenvalue weighted by molar-refractivity contribution is 6.10. The van der Waals surface area contributed by atoms with Crippen LogP contribution in [0.15, 0.2) is 232 Å². The van der Waals surface area contributed by atoms with Crippen LogP contribution in [0.1, 0.15) is 33.5 Å². The second-order valence-corrected chi connectivity index (χ2v) is 22.1. The molecule has 1 aliphatic rings. The van der Waals surface area contributed by atoms with Crippen molar-refractivity contribution in [2.75, 3.05) is 7.05 Å². The minimum atomic E-state index is -0.303. The highest BCUT2D eigenvalue weighted by atomic mass is 15.1. The first-order valence-electron chi connectivity index (χ1n) is 27.8. The number of hydrogen-bond donors (Lipinski definition) is 0. The van der Waals surface area contributed by atoms with Crippen molar-refractivity contribution in [1.82, 2.24) is 58.1 Å². The van der Waals surface area contributed by atoms with Crippen LogP contribution in [0.25, 0.3) is 105 Å². The maximum absolute atomic E-state index is 4.56. The fourth-order valence-corrected chi connectivity index (χ4v) is 13.5. The molecule has 0 fully saturated rings. The normalized spacial score (nSPS) is 12.8. The number of nitrogens with zero attached hydrogens (tertiary/aromatic N) is 12. The van der Waals surface area contributed by atoms with E-state index >= 15 is 0 Å². The molecule has 11 aromatic heterocycles. The van der Waals surface area contributed by atoms with E-state index in [1.807, 2.05) is 86.8 Å². The van der Waals surface area contributed by atoms with E-state index in [0.717, 1.165) is 126 Å². The molecule has 0 radical (unpaired) electrons. The molecule has 12 nitrogen and oxygen atoms in total. The molecule has 392 valence electrons. The molecular weight excluding hydrogens is 1010 g/mol. The van der Waals surface area contributed by atoms with Crippen molar-refractivity contribution in [3.63, 3.8) is 0 Å². The van der Waals surface area contributed by atoms with Crippen molar-refractivity contribution in [2.45, 2.75) is 32.2 Å². The van der Waals surface area contributed by atoms with Gasteiger partial charge in [-0.05, 0) is 150 Å². The van der Waals surface area contributed by atoms with Crippen molar-refractivity contribution >= 4 is 82.4 Å². The van der Waals surface area contributed by atoms with E-state index in [9.17, 15) is 0 Å². The van der Waals surface area contributed by atoms with Gasteiger partial charge in [0.15, 0.2) is 0 Å². The first-order chi connectivity index (χ1) is 40.5. The standard InChI is InChI=1S/C70H52N12/c1-78-33-25-69-61(45-78)60-44-77-32-24-68(60)82(69)53-16-8-49(9-17-53)37-70(34-46-2-10-50(11-3-46)79-62-18-26-71-38-54(62)55-39-72-27-19-63(55)79,35-47-4-12-51(13-5-47)80-64-20-28-73-40-56(64)57-41-74-29-21-65(57)80)36-48-6-14-52(15-7-48)81-66-22-30-75-42-58(66)59-43-76-31-23-67(59)81/h2-33,38-44H,34-37,45H2,1H3. The maximum Gasteiger partial charge on any atom is 0.0572 e. The van der Waals surface area contributed by atoms with Crippen LogP contribution in [0.5, 0.6) is 0 Å². The van der Waals surface area contributed by atoms with E-state index in [1.165, 1.54) is 38.9 Å². The monoisotopic (exact) mass is 1060 g/mol. The van der Waals surface area contributed by atoms with E-state index in [0.29, 0.717) is 0 Å². The van der Waals surface area contributed by atoms with Crippen molar-refractivity contribution in [2.24, 2.45) is 5.41 Å². The molecule has 16 rings (SSSR count). The topological polar surface area (TPSA) is 113 Å². The third-order valence-corrected chi connectivity index (χ3v) is 17.0. The fraction of sp³-hybridized carbons (Fsp3) is 0.100. The number of fused-ring (bicyclic) bond motifs is 12. The molecule has 0 saturated heterocycles. The minimum Gasteiger partial charge on any atom is -0.376 e.